The van der Waals surface area contributed by atoms with Crippen LogP contribution in [0.2, 0.25) is 0 Å². The molecule has 0 unspecified atom stereocenters. The van der Waals surface area contributed by atoms with Crippen LogP contribution in [0.5, 0.6) is 5.75 Å². The molecule has 0 fully saturated rings. The highest BCUT2D eigenvalue weighted by atomic mass is 35.5. The van der Waals surface area contributed by atoms with E-state index in [1.165, 1.54) is 12.1 Å². The molecule has 6 heteroatoms. The fourth-order valence-electron chi connectivity index (χ4n) is 1.50. The van der Waals surface area contributed by atoms with Gasteiger partial charge in [0.25, 0.3) is 0 Å². The lowest BCUT2D eigenvalue weighted by Crippen LogP contribution is -2.17. The fraction of sp³-hybridized carbons (Fsp3) is 0.500. The second kappa shape index (κ2) is 6.95. The Hall–Kier alpha value is -0.810. The van der Waals surface area contributed by atoms with Gasteiger partial charge in [-0.3, -0.25) is 0 Å². The summed E-state index contributed by atoms with van der Waals surface area (Å²) in [5.74, 6) is -0.359. The van der Waals surface area contributed by atoms with Crippen molar-refractivity contribution in [2.24, 2.45) is 0 Å². The zero-order valence-corrected chi connectivity index (χ0v) is 11.7. The molecule has 0 heterocycles. The van der Waals surface area contributed by atoms with Crippen molar-refractivity contribution in [2.75, 3.05) is 18.1 Å². The van der Waals surface area contributed by atoms with Crippen molar-refractivity contribution in [3.05, 3.63) is 29.6 Å². The summed E-state index contributed by atoms with van der Waals surface area (Å²) in [6, 6.07) is 4.44. The predicted molar refractivity (Wildman–Crippen MR) is 70.4 cm³/mol. The first-order chi connectivity index (χ1) is 8.50. The molecule has 0 saturated heterocycles. The molecule has 0 aromatic heterocycles. The quantitative estimate of drug-likeness (QED) is 0.726. The van der Waals surface area contributed by atoms with Crippen LogP contribution < -0.4 is 4.74 Å². The van der Waals surface area contributed by atoms with E-state index < -0.39 is 15.7 Å². The maximum Gasteiger partial charge on any atom is 0.165 e. The van der Waals surface area contributed by atoms with E-state index in [1.807, 2.05) is 0 Å². The van der Waals surface area contributed by atoms with E-state index >= 15 is 0 Å². The van der Waals surface area contributed by atoms with E-state index in [0.717, 1.165) is 0 Å². The minimum absolute atomic E-state index is 0.0409. The molecule has 0 aliphatic rings. The highest BCUT2D eigenvalue weighted by Crippen LogP contribution is 2.24. The van der Waals surface area contributed by atoms with Crippen LogP contribution >= 0.6 is 11.6 Å². The Kier molecular flexibility index (Phi) is 5.88. The summed E-state index contributed by atoms with van der Waals surface area (Å²) < 4.78 is 41.6. The van der Waals surface area contributed by atoms with E-state index in [-0.39, 0.29) is 29.7 Å². The average molecular weight is 295 g/mol. The number of hydrogen-bond acceptors (Lipinski definition) is 3. The van der Waals surface area contributed by atoms with E-state index in [1.54, 1.807) is 13.0 Å². The van der Waals surface area contributed by atoms with Gasteiger partial charge in [0.05, 0.1) is 17.4 Å². The largest absolute Gasteiger partial charge is 0.489 e. The van der Waals surface area contributed by atoms with E-state index in [9.17, 15) is 12.8 Å². The topological polar surface area (TPSA) is 43.4 Å². The number of para-hydroxylation sites is 1. The standard InChI is InChI=1S/C12H16ClFO3S/c1-2-7-18(15,16)8-6-17-12-10(9-13)4-3-5-11(12)14/h3-5H,2,6-9H2,1H3. The molecule has 18 heavy (non-hydrogen) atoms. The predicted octanol–water partition coefficient (Wildman–Crippen LogP) is 2.77. The van der Waals surface area contributed by atoms with Crippen LogP contribution in [0, 0.1) is 5.82 Å². The number of halogens is 2. The number of ether oxygens (including phenoxy) is 1. The second-order valence-corrected chi connectivity index (χ2v) is 6.43. The summed E-state index contributed by atoms with van der Waals surface area (Å²) in [6.45, 7) is 1.73. The Morgan fingerprint density at radius 2 is 2.06 bits per heavy atom. The molecule has 0 spiro atoms. The molecule has 0 aliphatic heterocycles. The van der Waals surface area contributed by atoms with Crippen LogP contribution in [0.4, 0.5) is 4.39 Å². The molecule has 0 saturated carbocycles. The summed E-state index contributed by atoms with van der Waals surface area (Å²) in [7, 11) is -3.11. The zero-order chi connectivity index (χ0) is 13.6. The molecule has 0 amide bonds. The van der Waals surface area contributed by atoms with Crippen LogP contribution in [0.1, 0.15) is 18.9 Å². The van der Waals surface area contributed by atoms with Gasteiger partial charge in [-0.05, 0) is 12.5 Å². The van der Waals surface area contributed by atoms with Gasteiger partial charge in [-0.2, -0.15) is 0 Å². The molecule has 102 valence electrons. The van der Waals surface area contributed by atoms with Gasteiger partial charge in [0, 0.05) is 5.56 Å². The second-order valence-electron chi connectivity index (χ2n) is 3.86. The van der Waals surface area contributed by atoms with Crippen molar-refractivity contribution in [2.45, 2.75) is 19.2 Å². The minimum atomic E-state index is -3.11. The molecule has 0 aliphatic carbocycles. The Morgan fingerprint density at radius 1 is 1.33 bits per heavy atom. The van der Waals surface area contributed by atoms with Gasteiger partial charge < -0.3 is 4.74 Å². The minimum Gasteiger partial charge on any atom is -0.489 e. The number of hydrogen-bond donors (Lipinski definition) is 0. The summed E-state index contributed by atoms with van der Waals surface area (Å²) >= 11 is 5.66. The van der Waals surface area contributed by atoms with Crippen molar-refractivity contribution in [1.29, 1.82) is 0 Å². The molecule has 0 N–H and O–H groups in total. The Morgan fingerprint density at radius 3 is 2.67 bits per heavy atom. The monoisotopic (exact) mass is 294 g/mol. The van der Waals surface area contributed by atoms with Gasteiger partial charge in [-0.1, -0.05) is 19.1 Å². The Labute approximate surface area is 112 Å². The molecule has 1 aromatic carbocycles. The van der Waals surface area contributed by atoms with E-state index in [4.69, 9.17) is 16.3 Å². The fourth-order valence-corrected chi connectivity index (χ4v) is 2.88. The summed E-state index contributed by atoms with van der Waals surface area (Å²) in [5, 5.41) is 0. The number of alkyl halides is 1. The summed E-state index contributed by atoms with van der Waals surface area (Å²) in [4.78, 5) is 0. The molecule has 1 rings (SSSR count). The third kappa shape index (κ3) is 4.46. The van der Waals surface area contributed by atoms with E-state index in [0.29, 0.717) is 12.0 Å². The SMILES string of the molecule is CCCS(=O)(=O)CCOc1c(F)cccc1CCl. The number of benzene rings is 1. The van der Waals surface area contributed by atoms with E-state index in [2.05, 4.69) is 0 Å². The third-order valence-electron chi connectivity index (χ3n) is 2.35. The van der Waals surface area contributed by atoms with Crippen LogP contribution in [-0.2, 0) is 15.7 Å². The van der Waals surface area contributed by atoms with Gasteiger partial charge in [0.2, 0.25) is 0 Å². The molecule has 3 nitrogen and oxygen atoms in total. The Bertz CT molecular complexity index is 488. The van der Waals surface area contributed by atoms with Gasteiger partial charge in [0.1, 0.15) is 6.61 Å². The van der Waals surface area contributed by atoms with Crippen molar-refractivity contribution >= 4 is 21.4 Å². The van der Waals surface area contributed by atoms with Crippen molar-refractivity contribution in [3.8, 4) is 5.75 Å². The smallest absolute Gasteiger partial charge is 0.165 e. The molecular formula is C12H16ClFO3S. The van der Waals surface area contributed by atoms with Crippen LogP contribution in [0.15, 0.2) is 18.2 Å². The van der Waals surface area contributed by atoms with Crippen molar-refractivity contribution in [1.82, 2.24) is 0 Å². The van der Waals surface area contributed by atoms with Crippen LogP contribution in [0.3, 0.4) is 0 Å². The highest BCUT2D eigenvalue weighted by Gasteiger charge is 2.12. The van der Waals surface area contributed by atoms with Crippen molar-refractivity contribution < 1.29 is 17.5 Å². The zero-order valence-electron chi connectivity index (χ0n) is 10.2. The third-order valence-corrected chi connectivity index (χ3v) is 4.46. The lowest BCUT2D eigenvalue weighted by atomic mass is 10.2. The van der Waals surface area contributed by atoms with Gasteiger partial charge >= 0.3 is 0 Å². The summed E-state index contributed by atoms with van der Waals surface area (Å²) in [6.07, 6.45) is 0.564. The van der Waals surface area contributed by atoms with Gasteiger partial charge in [-0.25, -0.2) is 12.8 Å². The lowest BCUT2D eigenvalue weighted by molar-refractivity contribution is 0.319. The van der Waals surface area contributed by atoms with Crippen molar-refractivity contribution in [3.63, 3.8) is 0 Å². The average Bonchev–Trinajstić information content (AvgIpc) is 2.30. The normalized spacial score (nSPS) is 11.5. The van der Waals surface area contributed by atoms with Gasteiger partial charge in [0.15, 0.2) is 21.4 Å². The number of sulfone groups is 1. The summed E-state index contributed by atoms with van der Waals surface area (Å²) in [5.41, 5.74) is 0.518. The van der Waals surface area contributed by atoms with Crippen LogP contribution in [0.25, 0.3) is 0 Å². The van der Waals surface area contributed by atoms with Gasteiger partial charge in [-0.15, -0.1) is 11.6 Å². The first-order valence-corrected chi connectivity index (χ1v) is 8.02. The molecular weight excluding hydrogens is 279 g/mol. The molecule has 0 bridgehead atoms. The first-order valence-electron chi connectivity index (χ1n) is 5.66. The maximum absolute atomic E-state index is 13.5. The Balaban J connectivity index is 2.64. The molecule has 1 aromatic rings. The lowest BCUT2D eigenvalue weighted by Gasteiger charge is -2.10. The molecule has 0 radical (unpaired) electrons. The molecule has 0 atom stereocenters. The van der Waals surface area contributed by atoms with Crippen LogP contribution in [-0.4, -0.2) is 26.5 Å². The first kappa shape index (κ1) is 15.2. The number of rotatable bonds is 7. The highest BCUT2D eigenvalue weighted by molar-refractivity contribution is 7.91. The maximum atomic E-state index is 13.5.